The third-order valence-corrected chi connectivity index (χ3v) is 13.9. The summed E-state index contributed by atoms with van der Waals surface area (Å²) in [7, 11) is 3.39. The van der Waals surface area contributed by atoms with Crippen LogP contribution in [0.3, 0.4) is 0 Å². The number of aromatic amines is 1. The minimum absolute atomic E-state index is 0.0158. The van der Waals surface area contributed by atoms with Gasteiger partial charge >= 0.3 is 0 Å². The van der Waals surface area contributed by atoms with Gasteiger partial charge in [-0.3, -0.25) is 23.9 Å². The monoisotopic (exact) mass is 1010 g/mol. The van der Waals surface area contributed by atoms with Gasteiger partial charge in [0.1, 0.15) is 18.7 Å². The topological polar surface area (TPSA) is 214 Å². The number of aliphatic hydroxyl groups excluding tert-OH is 2. The Kier molecular flexibility index (Phi) is 15.9. The normalized spacial score (nSPS) is 14.9. The zero-order valence-corrected chi connectivity index (χ0v) is 42.3. The van der Waals surface area contributed by atoms with Crippen LogP contribution in [-0.4, -0.2) is 102 Å². The molecular weight excluding hydrogens is 945 g/mol. The number of aryl methyl sites for hydroxylation is 1. The molecule has 2 aliphatic heterocycles. The zero-order valence-electron chi connectivity index (χ0n) is 42.3. The van der Waals surface area contributed by atoms with Crippen LogP contribution < -0.4 is 44.1 Å². The molecule has 0 saturated heterocycles. The van der Waals surface area contributed by atoms with E-state index in [0.717, 1.165) is 70.7 Å². The highest BCUT2D eigenvalue weighted by atomic mass is 16.7. The predicted molar refractivity (Wildman–Crippen MR) is 274 cm³/mol. The maximum atomic E-state index is 13.7. The molecule has 4 amide bonds. The van der Waals surface area contributed by atoms with Crippen LogP contribution >= 0.6 is 0 Å². The van der Waals surface area contributed by atoms with E-state index >= 15 is 0 Å². The summed E-state index contributed by atoms with van der Waals surface area (Å²) >= 11 is 0. The Hall–Kier alpha value is -7.70. The second kappa shape index (κ2) is 23.0. The number of hydrogen-bond acceptors (Lipinski definition) is 11. The summed E-state index contributed by atoms with van der Waals surface area (Å²) in [5.41, 5.74) is 8.87. The van der Waals surface area contributed by atoms with Crippen LogP contribution in [0, 0.1) is 13.8 Å². The number of hydrogen-bond donors (Lipinski definition) is 5. The maximum Gasteiger partial charge on any atom is 0.249 e. The van der Waals surface area contributed by atoms with E-state index in [1.54, 1.807) is 60.1 Å². The summed E-state index contributed by atoms with van der Waals surface area (Å²) < 4.78 is 25.4. The molecule has 0 radical (unpaired) electrons. The van der Waals surface area contributed by atoms with Gasteiger partial charge in [0.05, 0.1) is 42.9 Å². The minimum atomic E-state index is -0.762. The molecule has 2 fully saturated rings. The lowest BCUT2D eigenvalue weighted by Gasteiger charge is -2.25. The Balaban J connectivity index is 0.000000182. The van der Waals surface area contributed by atoms with Crippen molar-refractivity contribution in [2.45, 2.75) is 102 Å². The van der Waals surface area contributed by atoms with Gasteiger partial charge in [-0.2, -0.15) is 10.2 Å². The van der Waals surface area contributed by atoms with Gasteiger partial charge in [-0.05, 0) is 74.9 Å². The molecule has 388 valence electrons. The van der Waals surface area contributed by atoms with Gasteiger partial charge in [0.15, 0.2) is 29.5 Å². The molecule has 4 heterocycles. The standard InChI is InChI=1S/2C28H32N4O5/c1-18-22(27(20-8-9-20)30-32(18)12-13-33)16-26(34)29-23(14-19-6-4-3-5-7-19)28(35)31(2)21-10-11-24-25(15-21)37-17-36-24;1-18-22(27(20-8-9-20)32(30-18)12-13-33)16-26(34)29-23(14-19-6-4-3-5-7-19)28(35)31(2)21-10-11-24-25(15-21)37-17-36-24/h2*3-7,10-11,15,20,23,33H,8-9,12-14,16-17H2,1-2H3,(H,29,34)/p+1/t2*23-/m00/s1. The van der Waals surface area contributed by atoms with Crippen molar-refractivity contribution >= 4 is 35.0 Å². The number of fused-ring (bicyclic) bond motifs is 2. The van der Waals surface area contributed by atoms with Crippen LogP contribution in [0.5, 0.6) is 23.0 Å². The largest absolute Gasteiger partial charge is 0.454 e. The fourth-order valence-electron chi connectivity index (χ4n) is 9.65. The SMILES string of the molecule is Cc1[nH][n+](CCO)c(C2CC2)c1CC(=O)N[C@@H](Cc1ccccc1)C(=O)N(C)c1ccc2c(c1)OCO2.Cc1c(CC(=O)N[C@@H](Cc2ccccc2)C(=O)N(C)c2ccc3c(c2)OCO3)c(C2CC2)nn1CCO. The molecular formula is C56H65N8O10+. The molecule has 0 spiro atoms. The number of benzene rings is 4. The molecule has 74 heavy (non-hydrogen) atoms. The van der Waals surface area contributed by atoms with Crippen molar-refractivity contribution in [1.29, 1.82) is 0 Å². The highest BCUT2D eigenvalue weighted by molar-refractivity contribution is 6.00. The van der Waals surface area contributed by atoms with E-state index in [-0.39, 0.29) is 63.3 Å². The van der Waals surface area contributed by atoms with Crippen LogP contribution in [0.25, 0.3) is 0 Å². The Morgan fingerprint density at radius 2 is 1.16 bits per heavy atom. The van der Waals surface area contributed by atoms with Gasteiger partial charge in [0.25, 0.3) is 0 Å². The summed E-state index contributed by atoms with van der Waals surface area (Å²) in [4.78, 5) is 57.1. The quantitative estimate of drug-likeness (QED) is 0.0652. The number of aromatic nitrogens is 4. The van der Waals surface area contributed by atoms with Crippen molar-refractivity contribution in [1.82, 2.24) is 25.5 Å². The molecule has 18 nitrogen and oxygen atoms in total. The fraction of sp³-hybridized carbons (Fsp3) is 0.393. The van der Waals surface area contributed by atoms with Crippen molar-refractivity contribution in [2.24, 2.45) is 0 Å². The number of nitrogens with one attached hydrogen (secondary N) is 3. The summed E-state index contributed by atoms with van der Waals surface area (Å²) in [5.74, 6) is 2.32. The van der Waals surface area contributed by atoms with Gasteiger partial charge in [0.2, 0.25) is 42.9 Å². The summed E-state index contributed by atoms with van der Waals surface area (Å²) in [5, 5.41) is 32.9. The number of H-pyrrole nitrogens is 1. The number of carbonyl (C=O) groups is 4. The number of ether oxygens (including phenoxy) is 4. The molecule has 6 aromatic rings. The highest BCUT2D eigenvalue weighted by Crippen LogP contribution is 2.43. The van der Waals surface area contributed by atoms with E-state index < -0.39 is 12.1 Å². The lowest BCUT2D eigenvalue weighted by Crippen LogP contribution is -2.49. The van der Waals surface area contributed by atoms with Gasteiger partial charge in [-0.1, -0.05) is 60.7 Å². The third kappa shape index (κ3) is 12.0. The molecule has 0 bridgehead atoms. The lowest BCUT2D eigenvalue weighted by molar-refractivity contribution is -0.757. The van der Waals surface area contributed by atoms with Crippen molar-refractivity contribution in [3.63, 3.8) is 0 Å². The number of anilines is 2. The van der Waals surface area contributed by atoms with Crippen LogP contribution in [0.2, 0.25) is 0 Å². The Morgan fingerprint density at radius 1 is 0.676 bits per heavy atom. The van der Waals surface area contributed by atoms with E-state index in [2.05, 4.69) is 20.8 Å². The summed E-state index contributed by atoms with van der Waals surface area (Å²) in [6.45, 7) is 5.04. The molecule has 2 aliphatic carbocycles. The molecule has 2 aromatic heterocycles. The molecule has 0 unspecified atom stereocenters. The second-order valence-electron chi connectivity index (χ2n) is 19.3. The van der Waals surface area contributed by atoms with E-state index in [1.165, 1.54) is 4.90 Å². The summed E-state index contributed by atoms with van der Waals surface area (Å²) in [6, 6.07) is 28.5. The molecule has 18 heteroatoms. The zero-order chi connectivity index (χ0) is 51.9. The number of carbonyl (C=O) groups excluding carboxylic acids is 4. The van der Waals surface area contributed by atoms with Crippen molar-refractivity contribution in [2.75, 3.05) is 50.7 Å². The maximum absolute atomic E-state index is 13.7. The van der Waals surface area contributed by atoms with Crippen LogP contribution in [0.4, 0.5) is 11.4 Å². The van der Waals surface area contributed by atoms with E-state index in [1.807, 2.05) is 79.2 Å². The average Bonchev–Trinajstić information content (AvgIpc) is 4.28. The molecule has 2 saturated carbocycles. The first-order valence-electron chi connectivity index (χ1n) is 25.3. The first kappa shape index (κ1) is 51.2. The fourth-order valence-corrected chi connectivity index (χ4v) is 9.65. The Morgan fingerprint density at radius 3 is 1.64 bits per heavy atom. The van der Waals surface area contributed by atoms with Crippen molar-refractivity contribution in [3.8, 4) is 23.0 Å². The Labute approximate surface area is 430 Å². The van der Waals surface area contributed by atoms with Crippen LogP contribution in [0.15, 0.2) is 97.1 Å². The second-order valence-corrected chi connectivity index (χ2v) is 19.3. The Bertz CT molecular complexity index is 2830. The first-order valence-corrected chi connectivity index (χ1v) is 25.3. The van der Waals surface area contributed by atoms with Gasteiger partial charge in [-0.25, -0.2) is 0 Å². The van der Waals surface area contributed by atoms with Crippen molar-refractivity contribution < 1.29 is 53.0 Å². The number of likely N-dealkylation sites (N-methyl/N-ethyl adjacent to an activating group) is 2. The first-order chi connectivity index (χ1) is 35.9. The molecule has 4 aliphatic rings. The molecule has 10 rings (SSSR count). The summed E-state index contributed by atoms with van der Waals surface area (Å²) in [6.07, 6.45) is 5.29. The predicted octanol–water partition coefficient (Wildman–Crippen LogP) is 4.86. The van der Waals surface area contributed by atoms with Gasteiger partial charge in [-0.15, -0.1) is 4.68 Å². The van der Waals surface area contributed by atoms with E-state index in [4.69, 9.17) is 18.9 Å². The smallest absolute Gasteiger partial charge is 0.249 e. The third-order valence-electron chi connectivity index (χ3n) is 13.9. The minimum Gasteiger partial charge on any atom is -0.454 e. The average molecular weight is 1010 g/mol. The number of aliphatic hydroxyl groups is 2. The lowest BCUT2D eigenvalue weighted by atomic mass is 10.0. The number of amides is 4. The molecule has 2 atom stereocenters. The highest BCUT2D eigenvalue weighted by Gasteiger charge is 2.39. The van der Waals surface area contributed by atoms with Crippen molar-refractivity contribution in [3.05, 3.63) is 142 Å². The van der Waals surface area contributed by atoms with E-state index in [0.29, 0.717) is 72.1 Å². The van der Waals surface area contributed by atoms with Crippen LogP contribution in [0.1, 0.15) is 82.5 Å². The molecule has 4 aromatic carbocycles. The van der Waals surface area contributed by atoms with Gasteiger partial charge < -0.3 is 49.6 Å². The number of rotatable bonds is 20. The van der Waals surface area contributed by atoms with Crippen LogP contribution in [-0.2, 0) is 58.0 Å². The number of nitrogens with zero attached hydrogens (tertiary/aromatic N) is 5. The molecule has 5 N–H and O–H groups in total. The van der Waals surface area contributed by atoms with Gasteiger partial charge in [0, 0.05) is 73.5 Å². The van der Waals surface area contributed by atoms with E-state index in [9.17, 15) is 29.4 Å².